The van der Waals surface area contributed by atoms with E-state index in [1.54, 1.807) is 0 Å². The zero-order valence-corrected chi connectivity index (χ0v) is 13.5. The summed E-state index contributed by atoms with van der Waals surface area (Å²) in [5.74, 6) is 5.77. The van der Waals surface area contributed by atoms with E-state index in [4.69, 9.17) is 5.84 Å². The van der Waals surface area contributed by atoms with Gasteiger partial charge in [0, 0.05) is 25.2 Å². The summed E-state index contributed by atoms with van der Waals surface area (Å²) in [6, 6.07) is 8.97. The van der Waals surface area contributed by atoms with E-state index in [0.717, 1.165) is 25.0 Å². The lowest BCUT2D eigenvalue weighted by atomic mass is 9.97. The van der Waals surface area contributed by atoms with Crippen molar-refractivity contribution in [2.24, 2.45) is 12.9 Å². The molecule has 4 heteroatoms. The van der Waals surface area contributed by atoms with Crippen molar-refractivity contribution >= 4 is 0 Å². The molecule has 1 unspecified atom stereocenters. The fraction of sp³-hybridized carbons (Fsp3) is 0.471. The normalized spacial score (nSPS) is 12.6. The van der Waals surface area contributed by atoms with Crippen LogP contribution >= 0.6 is 0 Å². The molecule has 21 heavy (non-hydrogen) atoms. The molecule has 0 aliphatic heterocycles. The van der Waals surface area contributed by atoms with Crippen molar-refractivity contribution in [2.75, 3.05) is 0 Å². The van der Waals surface area contributed by atoms with Crippen LogP contribution in [0.3, 0.4) is 0 Å². The van der Waals surface area contributed by atoms with Gasteiger partial charge in [-0.15, -0.1) is 0 Å². The molecule has 0 saturated heterocycles. The van der Waals surface area contributed by atoms with Gasteiger partial charge in [0.1, 0.15) is 0 Å². The van der Waals surface area contributed by atoms with E-state index in [2.05, 4.69) is 55.6 Å². The number of hydrogen-bond donors (Lipinski definition) is 2. The standard InChI is InChI=1S/C17H26N4/c1-5-15-10-17(21(4)20-15)11-16(19-18)9-14-8-12(2)6-7-13(14)3/h6-8,10,16,19H,5,9,11,18H2,1-4H3. The Kier molecular flexibility index (Phi) is 5.15. The number of aromatic nitrogens is 2. The van der Waals surface area contributed by atoms with Crippen LogP contribution in [0, 0.1) is 13.8 Å². The molecule has 1 atom stereocenters. The average molecular weight is 286 g/mol. The minimum absolute atomic E-state index is 0.214. The Bertz CT molecular complexity index is 601. The van der Waals surface area contributed by atoms with Crippen LogP contribution in [0.5, 0.6) is 0 Å². The Hall–Kier alpha value is -1.65. The molecule has 2 aromatic rings. The highest BCUT2D eigenvalue weighted by molar-refractivity contribution is 5.31. The highest BCUT2D eigenvalue weighted by Crippen LogP contribution is 2.15. The average Bonchev–Trinajstić information content (AvgIpc) is 2.82. The van der Waals surface area contributed by atoms with Crippen LogP contribution in [-0.4, -0.2) is 15.8 Å². The third-order valence-electron chi connectivity index (χ3n) is 4.05. The van der Waals surface area contributed by atoms with Crippen LogP contribution in [-0.2, 0) is 26.3 Å². The van der Waals surface area contributed by atoms with E-state index < -0.39 is 0 Å². The lowest BCUT2D eigenvalue weighted by Gasteiger charge is -2.17. The summed E-state index contributed by atoms with van der Waals surface area (Å²) >= 11 is 0. The van der Waals surface area contributed by atoms with Gasteiger partial charge in [0.15, 0.2) is 0 Å². The van der Waals surface area contributed by atoms with E-state index in [9.17, 15) is 0 Å². The number of hydrazine groups is 1. The number of rotatable bonds is 6. The minimum atomic E-state index is 0.214. The molecule has 0 fully saturated rings. The van der Waals surface area contributed by atoms with E-state index in [1.807, 2.05) is 11.7 Å². The Morgan fingerprint density at radius 2 is 2.00 bits per heavy atom. The van der Waals surface area contributed by atoms with Gasteiger partial charge in [-0.3, -0.25) is 16.0 Å². The van der Waals surface area contributed by atoms with Crippen LogP contribution in [0.15, 0.2) is 24.3 Å². The van der Waals surface area contributed by atoms with Crippen molar-refractivity contribution in [1.82, 2.24) is 15.2 Å². The second kappa shape index (κ2) is 6.87. The van der Waals surface area contributed by atoms with E-state index in [0.29, 0.717) is 0 Å². The van der Waals surface area contributed by atoms with Gasteiger partial charge in [-0.05, 0) is 43.9 Å². The smallest absolute Gasteiger partial charge is 0.0624 e. The molecule has 4 nitrogen and oxygen atoms in total. The number of nitrogens with zero attached hydrogens (tertiary/aromatic N) is 2. The summed E-state index contributed by atoms with van der Waals surface area (Å²) in [5.41, 5.74) is 9.28. The molecule has 0 bridgehead atoms. The van der Waals surface area contributed by atoms with Gasteiger partial charge >= 0.3 is 0 Å². The maximum Gasteiger partial charge on any atom is 0.0624 e. The summed E-state index contributed by atoms with van der Waals surface area (Å²) in [7, 11) is 2.00. The first-order valence-electron chi connectivity index (χ1n) is 7.57. The first kappa shape index (κ1) is 15.7. The predicted octanol–water partition coefficient (Wildman–Crippen LogP) is 2.22. The highest BCUT2D eigenvalue weighted by Gasteiger charge is 2.14. The van der Waals surface area contributed by atoms with Crippen molar-refractivity contribution in [1.29, 1.82) is 0 Å². The summed E-state index contributed by atoms with van der Waals surface area (Å²) in [6.45, 7) is 6.41. The van der Waals surface area contributed by atoms with Crippen LogP contribution in [0.1, 0.15) is 35.0 Å². The van der Waals surface area contributed by atoms with E-state index >= 15 is 0 Å². The second-order valence-corrected chi connectivity index (χ2v) is 5.81. The highest BCUT2D eigenvalue weighted by atomic mass is 15.3. The van der Waals surface area contributed by atoms with Gasteiger partial charge in [0.25, 0.3) is 0 Å². The molecule has 0 amide bonds. The third-order valence-corrected chi connectivity index (χ3v) is 4.05. The second-order valence-electron chi connectivity index (χ2n) is 5.81. The summed E-state index contributed by atoms with van der Waals surface area (Å²) in [5, 5.41) is 4.50. The fourth-order valence-electron chi connectivity index (χ4n) is 2.66. The number of hydrogen-bond acceptors (Lipinski definition) is 3. The van der Waals surface area contributed by atoms with Gasteiger partial charge in [-0.25, -0.2) is 0 Å². The molecule has 0 aliphatic carbocycles. The SMILES string of the molecule is CCc1cc(CC(Cc2cc(C)ccc2C)NN)n(C)n1. The van der Waals surface area contributed by atoms with Gasteiger partial charge in [0.05, 0.1) is 5.69 Å². The van der Waals surface area contributed by atoms with Crippen LogP contribution < -0.4 is 11.3 Å². The third kappa shape index (κ3) is 3.93. The van der Waals surface area contributed by atoms with E-state index in [1.165, 1.54) is 22.4 Å². The molecule has 2 rings (SSSR count). The zero-order chi connectivity index (χ0) is 15.4. The van der Waals surface area contributed by atoms with E-state index in [-0.39, 0.29) is 6.04 Å². The molecule has 1 aromatic carbocycles. The Morgan fingerprint density at radius 3 is 2.62 bits per heavy atom. The van der Waals surface area contributed by atoms with Crippen LogP contribution in [0.2, 0.25) is 0 Å². The molecule has 1 heterocycles. The van der Waals surface area contributed by atoms with Gasteiger partial charge in [-0.1, -0.05) is 30.7 Å². The maximum absolute atomic E-state index is 5.77. The molecule has 114 valence electrons. The Balaban J connectivity index is 2.12. The Morgan fingerprint density at radius 1 is 1.24 bits per heavy atom. The summed E-state index contributed by atoms with van der Waals surface area (Å²) < 4.78 is 1.96. The van der Waals surface area contributed by atoms with Crippen molar-refractivity contribution in [3.8, 4) is 0 Å². The molecule has 0 aliphatic rings. The summed E-state index contributed by atoms with van der Waals surface area (Å²) in [4.78, 5) is 0. The molecule has 0 saturated carbocycles. The van der Waals surface area contributed by atoms with Crippen LogP contribution in [0.25, 0.3) is 0 Å². The lowest BCUT2D eigenvalue weighted by Crippen LogP contribution is -2.39. The molecule has 3 N–H and O–H groups in total. The number of aryl methyl sites for hydroxylation is 4. The summed E-state index contributed by atoms with van der Waals surface area (Å²) in [6.07, 6.45) is 2.77. The van der Waals surface area contributed by atoms with Crippen molar-refractivity contribution in [2.45, 2.75) is 46.1 Å². The quantitative estimate of drug-likeness (QED) is 0.632. The van der Waals surface area contributed by atoms with Gasteiger partial charge in [0.2, 0.25) is 0 Å². The number of nitrogens with two attached hydrogens (primary N) is 1. The van der Waals surface area contributed by atoms with Crippen molar-refractivity contribution in [3.05, 3.63) is 52.3 Å². The first-order chi connectivity index (χ1) is 10.0. The topological polar surface area (TPSA) is 55.9 Å². The molecule has 0 spiro atoms. The fourth-order valence-corrected chi connectivity index (χ4v) is 2.66. The van der Waals surface area contributed by atoms with Gasteiger partial charge in [-0.2, -0.15) is 5.10 Å². The minimum Gasteiger partial charge on any atom is -0.272 e. The van der Waals surface area contributed by atoms with Crippen molar-refractivity contribution < 1.29 is 0 Å². The predicted molar refractivity (Wildman–Crippen MR) is 87.0 cm³/mol. The zero-order valence-electron chi connectivity index (χ0n) is 13.5. The Labute approximate surface area is 127 Å². The molecule has 1 aromatic heterocycles. The number of nitrogens with one attached hydrogen (secondary N) is 1. The molecule has 0 radical (unpaired) electrons. The monoisotopic (exact) mass is 286 g/mol. The largest absolute Gasteiger partial charge is 0.272 e. The molecular formula is C17H26N4. The maximum atomic E-state index is 5.77. The molecular weight excluding hydrogens is 260 g/mol. The lowest BCUT2D eigenvalue weighted by molar-refractivity contribution is 0.504. The van der Waals surface area contributed by atoms with Crippen molar-refractivity contribution in [3.63, 3.8) is 0 Å². The van der Waals surface area contributed by atoms with Crippen LogP contribution in [0.4, 0.5) is 0 Å². The number of benzene rings is 1. The van der Waals surface area contributed by atoms with Gasteiger partial charge < -0.3 is 0 Å². The first-order valence-corrected chi connectivity index (χ1v) is 7.57.